The van der Waals surface area contributed by atoms with E-state index in [9.17, 15) is 24.0 Å². The van der Waals surface area contributed by atoms with Crippen LogP contribution in [-0.2, 0) is 30.4 Å². The lowest BCUT2D eigenvalue weighted by Gasteiger charge is -2.30. The number of hydrogen-bond donors (Lipinski definition) is 0. The molecule has 2 aliphatic heterocycles. The van der Waals surface area contributed by atoms with Gasteiger partial charge >= 0.3 is 16.8 Å². The summed E-state index contributed by atoms with van der Waals surface area (Å²) < 4.78 is 11.4. The van der Waals surface area contributed by atoms with Gasteiger partial charge in [0.05, 0.1) is 35.4 Å². The highest BCUT2D eigenvalue weighted by Crippen LogP contribution is 2.53. The first-order valence-corrected chi connectivity index (χ1v) is 13.8. The van der Waals surface area contributed by atoms with Crippen LogP contribution in [0.4, 0.5) is 5.69 Å². The monoisotopic (exact) mass is 552 g/mol. The average molecular weight is 553 g/mol. The number of esters is 2. The van der Waals surface area contributed by atoms with Gasteiger partial charge in [0.15, 0.2) is 0 Å². The maximum atomic E-state index is 13.9. The minimum absolute atomic E-state index is 0.182. The van der Waals surface area contributed by atoms with Gasteiger partial charge in [0.1, 0.15) is 11.8 Å². The van der Waals surface area contributed by atoms with Crippen molar-refractivity contribution in [3.63, 3.8) is 0 Å². The molecule has 1 aromatic heterocycles. The first-order chi connectivity index (χ1) is 18.3. The van der Waals surface area contributed by atoms with Crippen molar-refractivity contribution in [1.29, 1.82) is 0 Å². The first-order valence-electron chi connectivity index (χ1n) is 12.1. The molecule has 2 unspecified atom stereocenters. The predicted octanol–water partition coefficient (Wildman–Crippen LogP) is 3.45. The van der Waals surface area contributed by atoms with Crippen molar-refractivity contribution in [2.45, 2.75) is 36.6 Å². The van der Waals surface area contributed by atoms with Gasteiger partial charge in [0.2, 0.25) is 11.8 Å². The summed E-state index contributed by atoms with van der Waals surface area (Å²) in [5.74, 6) is -3.13. The Morgan fingerprint density at radius 2 is 1.58 bits per heavy atom. The standard InChI is InChI=1S/C27H24N2O7S2/c1-3-35-18(30)14-28-25-22(38-27(28)34)19(15-8-6-5-7-9-15)20-21(37-25)24(32)29(23(20)31)17-12-10-16(11-13-17)26(33)36-4-2/h5-13,19-21H,3-4,14H2,1-2H3/t19-,20?,21?/m1/s1. The summed E-state index contributed by atoms with van der Waals surface area (Å²) >= 11 is 2.12. The lowest BCUT2D eigenvalue weighted by atomic mass is 9.83. The largest absolute Gasteiger partial charge is 0.465 e. The normalized spacial score (nSPS) is 20.2. The number of thioether (sulfide) groups is 1. The van der Waals surface area contributed by atoms with E-state index in [4.69, 9.17) is 9.47 Å². The zero-order chi connectivity index (χ0) is 27.0. The lowest BCUT2D eigenvalue weighted by Crippen LogP contribution is -2.32. The van der Waals surface area contributed by atoms with Crippen molar-refractivity contribution in [3.8, 4) is 0 Å². The van der Waals surface area contributed by atoms with E-state index in [1.165, 1.54) is 16.7 Å². The fourth-order valence-corrected chi connectivity index (χ4v) is 7.60. The van der Waals surface area contributed by atoms with Gasteiger partial charge in [0.25, 0.3) is 0 Å². The van der Waals surface area contributed by atoms with E-state index in [1.54, 1.807) is 26.0 Å². The molecule has 3 heterocycles. The quantitative estimate of drug-likeness (QED) is 0.324. The molecule has 38 heavy (non-hydrogen) atoms. The highest BCUT2D eigenvalue weighted by molar-refractivity contribution is 8.00. The number of aromatic nitrogens is 1. The van der Waals surface area contributed by atoms with Gasteiger partial charge in [0, 0.05) is 10.8 Å². The first kappa shape index (κ1) is 25.9. The number of benzene rings is 2. The van der Waals surface area contributed by atoms with Crippen LogP contribution >= 0.6 is 23.1 Å². The van der Waals surface area contributed by atoms with E-state index >= 15 is 0 Å². The molecule has 196 valence electrons. The van der Waals surface area contributed by atoms with E-state index in [0.29, 0.717) is 21.2 Å². The molecule has 3 aromatic rings. The van der Waals surface area contributed by atoms with Crippen molar-refractivity contribution in [1.82, 2.24) is 4.57 Å². The zero-order valence-corrected chi connectivity index (χ0v) is 22.3. The van der Waals surface area contributed by atoms with E-state index in [1.807, 2.05) is 30.3 Å². The summed E-state index contributed by atoms with van der Waals surface area (Å²) in [6, 6.07) is 15.4. The van der Waals surface area contributed by atoms with Gasteiger partial charge in [-0.1, -0.05) is 53.4 Å². The number of thiazole rings is 1. The molecule has 11 heteroatoms. The van der Waals surface area contributed by atoms with E-state index in [2.05, 4.69) is 0 Å². The average Bonchev–Trinajstić information content (AvgIpc) is 3.35. The summed E-state index contributed by atoms with van der Waals surface area (Å²) in [4.78, 5) is 66.3. The molecule has 0 N–H and O–H groups in total. The SMILES string of the molecule is CCOC(=O)Cn1c2c(sc1=O)[C@H](c1ccccc1)C1C(=O)N(c3ccc(C(=O)OCC)cc3)C(=O)C1S2. The third-order valence-electron chi connectivity index (χ3n) is 6.44. The molecule has 0 radical (unpaired) electrons. The molecule has 0 aliphatic carbocycles. The number of anilines is 1. The molecule has 1 fully saturated rings. The van der Waals surface area contributed by atoms with Gasteiger partial charge in [-0.2, -0.15) is 0 Å². The highest BCUT2D eigenvalue weighted by Gasteiger charge is 2.56. The molecular weight excluding hydrogens is 528 g/mol. The Balaban J connectivity index is 1.56. The fourth-order valence-electron chi connectivity index (χ4n) is 4.83. The maximum Gasteiger partial charge on any atom is 0.338 e. The van der Waals surface area contributed by atoms with Gasteiger partial charge in [-0.05, 0) is 43.7 Å². The minimum atomic E-state index is -0.799. The van der Waals surface area contributed by atoms with Crippen LogP contribution in [0.3, 0.4) is 0 Å². The second kappa shape index (κ2) is 10.6. The summed E-state index contributed by atoms with van der Waals surface area (Å²) in [6.07, 6.45) is 0. The van der Waals surface area contributed by atoms with Gasteiger partial charge < -0.3 is 9.47 Å². The van der Waals surface area contributed by atoms with Crippen LogP contribution in [0, 0.1) is 5.92 Å². The Bertz CT molecular complexity index is 1460. The maximum absolute atomic E-state index is 13.9. The second-order valence-electron chi connectivity index (χ2n) is 8.66. The highest BCUT2D eigenvalue weighted by atomic mass is 32.2. The van der Waals surface area contributed by atoms with Crippen LogP contribution < -0.4 is 9.77 Å². The van der Waals surface area contributed by atoms with Crippen LogP contribution in [0.1, 0.15) is 40.6 Å². The Morgan fingerprint density at radius 3 is 2.24 bits per heavy atom. The van der Waals surface area contributed by atoms with Crippen molar-refractivity contribution in [2.24, 2.45) is 5.92 Å². The van der Waals surface area contributed by atoms with Crippen LogP contribution in [0.5, 0.6) is 0 Å². The number of hydrogen-bond acceptors (Lipinski definition) is 9. The number of rotatable bonds is 7. The number of amides is 2. The van der Waals surface area contributed by atoms with Crippen molar-refractivity contribution in [2.75, 3.05) is 18.1 Å². The molecule has 3 atom stereocenters. The topological polar surface area (TPSA) is 112 Å². The van der Waals surface area contributed by atoms with Crippen LogP contribution in [-0.4, -0.2) is 46.8 Å². The Labute approximate surface area is 226 Å². The lowest BCUT2D eigenvalue weighted by molar-refractivity contribution is -0.144. The summed E-state index contributed by atoms with van der Waals surface area (Å²) in [5.41, 5.74) is 1.46. The fraction of sp³-hybridized carbons (Fsp3) is 0.296. The van der Waals surface area contributed by atoms with Gasteiger partial charge in [-0.25, -0.2) is 9.69 Å². The van der Waals surface area contributed by atoms with E-state index in [-0.39, 0.29) is 30.5 Å². The number of imide groups is 1. The van der Waals surface area contributed by atoms with Crippen molar-refractivity contribution >= 4 is 52.5 Å². The Hall–Kier alpha value is -3.70. The summed E-state index contributed by atoms with van der Waals surface area (Å²) in [5, 5.41) is -0.295. The smallest absolute Gasteiger partial charge is 0.338 e. The predicted molar refractivity (Wildman–Crippen MR) is 142 cm³/mol. The van der Waals surface area contributed by atoms with Crippen molar-refractivity contribution in [3.05, 3.63) is 80.3 Å². The van der Waals surface area contributed by atoms with Gasteiger partial charge in [-0.15, -0.1) is 0 Å². The van der Waals surface area contributed by atoms with Crippen LogP contribution in [0.2, 0.25) is 0 Å². The van der Waals surface area contributed by atoms with E-state index < -0.39 is 34.9 Å². The molecule has 9 nitrogen and oxygen atoms in total. The molecule has 0 spiro atoms. The summed E-state index contributed by atoms with van der Waals surface area (Å²) in [6.45, 7) is 3.54. The molecule has 2 aromatic carbocycles. The number of fused-ring (bicyclic) bond motifs is 2. The number of carbonyl (C=O) groups is 4. The van der Waals surface area contributed by atoms with Crippen LogP contribution in [0.25, 0.3) is 0 Å². The molecular formula is C27H24N2O7S2. The summed E-state index contributed by atoms with van der Waals surface area (Å²) in [7, 11) is 0. The minimum Gasteiger partial charge on any atom is -0.465 e. The zero-order valence-electron chi connectivity index (χ0n) is 20.6. The molecule has 2 amide bonds. The third kappa shape index (κ3) is 4.45. The van der Waals surface area contributed by atoms with Crippen molar-refractivity contribution < 1.29 is 28.7 Å². The molecule has 5 rings (SSSR count). The molecule has 1 saturated heterocycles. The molecule has 0 bridgehead atoms. The van der Waals surface area contributed by atoms with Gasteiger partial charge in [-0.3, -0.25) is 23.7 Å². The Morgan fingerprint density at radius 1 is 0.895 bits per heavy atom. The van der Waals surface area contributed by atoms with Crippen LogP contribution in [0.15, 0.2) is 64.4 Å². The van der Waals surface area contributed by atoms with E-state index in [0.717, 1.165) is 33.6 Å². The number of carbonyl (C=O) groups excluding carboxylic acids is 4. The second-order valence-corrected chi connectivity index (χ2v) is 10.8. The molecule has 2 aliphatic rings. The number of nitrogens with zero attached hydrogens (tertiary/aromatic N) is 2. The third-order valence-corrected chi connectivity index (χ3v) is 9.04. The number of ether oxygens (including phenoxy) is 2. The Kier molecular flexibility index (Phi) is 7.22. The molecule has 0 saturated carbocycles.